The largest absolute Gasteiger partial charge is 0.756 e. The van der Waals surface area contributed by atoms with Crippen molar-refractivity contribution in [3.05, 3.63) is 0 Å². The van der Waals surface area contributed by atoms with Gasteiger partial charge in [-0.05, 0) is 6.92 Å². The molecule has 1 rings (SSSR count). The van der Waals surface area contributed by atoms with Crippen LogP contribution in [-0.2, 0) is 9.09 Å². The van der Waals surface area contributed by atoms with Crippen molar-refractivity contribution in [2.24, 2.45) is 0 Å². The SMILES string of the molecule is CC1=[N+](C)CC(C)N1C.COP(=O)([O-])O. The van der Waals surface area contributed by atoms with Crippen molar-refractivity contribution in [1.29, 1.82) is 0 Å². The second kappa shape index (κ2) is 5.61. The van der Waals surface area contributed by atoms with Gasteiger partial charge >= 0.3 is 0 Å². The van der Waals surface area contributed by atoms with Gasteiger partial charge in [-0.1, -0.05) is 0 Å². The number of rotatable bonds is 1. The van der Waals surface area contributed by atoms with E-state index < -0.39 is 7.82 Å². The van der Waals surface area contributed by atoms with E-state index in [1.165, 1.54) is 12.4 Å². The fraction of sp³-hybridized carbons (Fsp3) is 0.875. The Hall–Kier alpha value is -0.420. The molecule has 15 heavy (non-hydrogen) atoms. The van der Waals surface area contributed by atoms with Crippen LogP contribution in [0, 0.1) is 0 Å². The average molecular weight is 238 g/mol. The molecule has 6 nitrogen and oxygen atoms in total. The molecule has 7 heteroatoms. The van der Waals surface area contributed by atoms with E-state index in [9.17, 15) is 9.46 Å². The van der Waals surface area contributed by atoms with Crippen LogP contribution in [0.5, 0.6) is 0 Å². The van der Waals surface area contributed by atoms with Crippen LogP contribution in [0.15, 0.2) is 0 Å². The molecule has 1 N–H and O–H groups in total. The van der Waals surface area contributed by atoms with Gasteiger partial charge in [0.15, 0.2) is 0 Å². The summed E-state index contributed by atoms with van der Waals surface area (Å²) >= 11 is 0. The summed E-state index contributed by atoms with van der Waals surface area (Å²) in [4.78, 5) is 19.3. The number of hydrogen-bond donors (Lipinski definition) is 1. The lowest BCUT2D eigenvalue weighted by molar-refractivity contribution is -0.490. The molecule has 0 saturated heterocycles. The minimum atomic E-state index is -4.40. The van der Waals surface area contributed by atoms with E-state index >= 15 is 0 Å². The first-order chi connectivity index (χ1) is 6.69. The minimum absolute atomic E-state index is 0.690. The first-order valence-corrected chi connectivity index (χ1v) is 6.05. The van der Waals surface area contributed by atoms with E-state index in [-0.39, 0.29) is 0 Å². The third-order valence-electron chi connectivity index (χ3n) is 2.49. The fourth-order valence-electron chi connectivity index (χ4n) is 1.24. The highest BCUT2D eigenvalue weighted by Crippen LogP contribution is 2.27. The molecule has 0 bridgehead atoms. The van der Waals surface area contributed by atoms with E-state index in [0.717, 1.165) is 7.11 Å². The predicted octanol–water partition coefficient (Wildman–Crippen LogP) is -0.525. The van der Waals surface area contributed by atoms with Crippen molar-refractivity contribution in [2.75, 3.05) is 27.7 Å². The zero-order valence-corrected chi connectivity index (χ0v) is 10.7. The Balaban J connectivity index is 0.000000288. The van der Waals surface area contributed by atoms with Crippen LogP contribution in [0.3, 0.4) is 0 Å². The quantitative estimate of drug-likeness (QED) is 0.491. The highest BCUT2D eigenvalue weighted by atomic mass is 31.2. The Morgan fingerprint density at radius 2 is 2.13 bits per heavy atom. The summed E-state index contributed by atoms with van der Waals surface area (Å²) < 4.78 is 15.1. The number of likely N-dealkylation sites (N-methyl/N-ethyl adjacent to an activating group) is 2. The number of hydrogen-bond acceptors (Lipinski definition) is 4. The maximum Gasteiger partial charge on any atom is 0.264 e. The molecule has 0 spiro atoms. The molecule has 1 aliphatic rings. The monoisotopic (exact) mass is 238 g/mol. The van der Waals surface area contributed by atoms with Gasteiger partial charge in [-0.2, -0.15) is 0 Å². The van der Waals surface area contributed by atoms with Crippen LogP contribution in [0.25, 0.3) is 0 Å². The summed E-state index contributed by atoms with van der Waals surface area (Å²) in [5.74, 6) is 1.38. The van der Waals surface area contributed by atoms with Gasteiger partial charge in [0.05, 0.1) is 14.1 Å². The normalized spacial score (nSPS) is 24.7. The van der Waals surface area contributed by atoms with Gasteiger partial charge in [-0.3, -0.25) is 14.0 Å². The smallest absolute Gasteiger partial charge is 0.264 e. The zero-order chi connectivity index (χ0) is 12.2. The van der Waals surface area contributed by atoms with E-state index in [4.69, 9.17) is 4.89 Å². The summed E-state index contributed by atoms with van der Waals surface area (Å²) in [7, 11) is 0.763. The standard InChI is InChI=1S/C7H15N2.CH5O4P/c1-6-5-8(3)7(2)9(6)4;1-5-6(2,3)4/h6H,5H2,1-4H3;1H3,(H2,2,3,4)/q+1;/p-1. The van der Waals surface area contributed by atoms with Crippen molar-refractivity contribution < 1.29 is 23.5 Å². The van der Waals surface area contributed by atoms with Gasteiger partial charge in [0.1, 0.15) is 12.6 Å². The topological polar surface area (TPSA) is 75.8 Å². The molecule has 0 amide bonds. The Labute approximate surface area is 90.4 Å². The van der Waals surface area contributed by atoms with Crippen molar-refractivity contribution in [2.45, 2.75) is 19.9 Å². The third-order valence-corrected chi connectivity index (χ3v) is 2.95. The van der Waals surface area contributed by atoms with Crippen molar-refractivity contribution in [1.82, 2.24) is 4.90 Å². The van der Waals surface area contributed by atoms with Gasteiger partial charge in [0, 0.05) is 14.0 Å². The maximum atomic E-state index is 9.36. The fourth-order valence-corrected chi connectivity index (χ4v) is 1.24. The molecule has 0 aliphatic carbocycles. The molecule has 90 valence electrons. The van der Waals surface area contributed by atoms with E-state index in [0.29, 0.717) is 6.04 Å². The van der Waals surface area contributed by atoms with Gasteiger partial charge in [-0.15, -0.1) is 0 Å². The minimum Gasteiger partial charge on any atom is -0.756 e. The lowest BCUT2D eigenvalue weighted by Crippen LogP contribution is -2.28. The molecule has 0 aromatic carbocycles. The van der Waals surface area contributed by atoms with Crippen LogP contribution in [0.1, 0.15) is 13.8 Å². The lowest BCUT2D eigenvalue weighted by atomic mass is 10.3. The average Bonchev–Trinajstić information content (AvgIpc) is 2.33. The molecule has 1 aliphatic heterocycles. The molecule has 1 heterocycles. The predicted molar refractivity (Wildman–Crippen MR) is 55.8 cm³/mol. The molecule has 0 radical (unpaired) electrons. The Morgan fingerprint density at radius 3 is 2.20 bits per heavy atom. The van der Waals surface area contributed by atoms with Gasteiger partial charge in [0.25, 0.3) is 7.82 Å². The number of phosphoric acid groups is 1. The number of nitrogens with zero attached hydrogens (tertiary/aromatic N) is 2. The number of amidine groups is 1. The second-order valence-electron chi connectivity index (χ2n) is 3.54. The highest BCUT2D eigenvalue weighted by Gasteiger charge is 2.27. The van der Waals surface area contributed by atoms with Crippen molar-refractivity contribution >= 4 is 13.7 Å². The summed E-state index contributed by atoms with van der Waals surface area (Å²) in [5, 5.41) is 0. The summed E-state index contributed by atoms with van der Waals surface area (Å²) in [6, 6.07) is 0.690. The Morgan fingerprint density at radius 1 is 1.73 bits per heavy atom. The van der Waals surface area contributed by atoms with Crippen molar-refractivity contribution in [3.63, 3.8) is 0 Å². The molecule has 0 fully saturated rings. The van der Waals surface area contributed by atoms with E-state index in [2.05, 4.69) is 41.9 Å². The van der Waals surface area contributed by atoms with E-state index in [1.807, 2.05) is 0 Å². The van der Waals surface area contributed by atoms with Gasteiger partial charge in [-0.25, -0.2) is 0 Å². The van der Waals surface area contributed by atoms with Crippen LogP contribution in [0.2, 0.25) is 0 Å². The summed E-state index contributed by atoms with van der Waals surface area (Å²) in [6.07, 6.45) is 0. The molecule has 2 atom stereocenters. The molecular formula is C8H19N2O4P. The van der Waals surface area contributed by atoms with Crippen LogP contribution in [-0.4, -0.2) is 54.0 Å². The van der Waals surface area contributed by atoms with Crippen LogP contribution < -0.4 is 4.89 Å². The summed E-state index contributed by atoms with van der Waals surface area (Å²) in [6.45, 7) is 5.57. The Kier molecular flexibility index (Phi) is 5.45. The van der Waals surface area contributed by atoms with E-state index in [1.54, 1.807) is 0 Å². The third kappa shape index (κ3) is 5.28. The lowest BCUT2D eigenvalue weighted by Gasteiger charge is -2.09. The molecule has 0 aromatic heterocycles. The molecule has 0 saturated carbocycles. The first-order valence-electron chi connectivity index (χ1n) is 4.56. The molecular weight excluding hydrogens is 219 g/mol. The maximum absolute atomic E-state index is 9.36. The van der Waals surface area contributed by atoms with Crippen LogP contribution in [0.4, 0.5) is 0 Å². The van der Waals surface area contributed by atoms with Crippen LogP contribution >= 0.6 is 7.82 Å². The molecule has 2 unspecified atom stereocenters. The first kappa shape index (κ1) is 14.6. The summed E-state index contributed by atoms with van der Waals surface area (Å²) in [5.41, 5.74) is 0. The van der Waals surface area contributed by atoms with Gasteiger partial charge in [0.2, 0.25) is 5.84 Å². The Bertz CT molecular complexity index is 286. The number of phosphoric ester groups is 1. The second-order valence-corrected chi connectivity index (χ2v) is 4.84. The zero-order valence-electron chi connectivity index (χ0n) is 9.80. The highest BCUT2D eigenvalue weighted by molar-refractivity contribution is 7.44. The van der Waals surface area contributed by atoms with Gasteiger partial charge < -0.3 is 14.3 Å². The van der Waals surface area contributed by atoms with Crippen molar-refractivity contribution in [3.8, 4) is 0 Å². The molecule has 0 aromatic rings.